The molecular formula is C13H17N3O2. The van der Waals surface area contributed by atoms with Crippen LogP contribution in [-0.4, -0.2) is 23.3 Å². The van der Waals surface area contributed by atoms with Gasteiger partial charge in [-0.3, -0.25) is 9.09 Å². The van der Waals surface area contributed by atoms with Crippen molar-refractivity contribution in [3.05, 3.63) is 46.7 Å². The molecule has 18 heavy (non-hydrogen) atoms. The van der Waals surface area contributed by atoms with Gasteiger partial charge in [0.05, 0.1) is 0 Å². The summed E-state index contributed by atoms with van der Waals surface area (Å²) >= 11 is 0. The highest BCUT2D eigenvalue weighted by Crippen LogP contribution is 2.10. The van der Waals surface area contributed by atoms with Gasteiger partial charge in [-0.1, -0.05) is 30.3 Å². The van der Waals surface area contributed by atoms with Gasteiger partial charge in [0.2, 0.25) is 0 Å². The van der Waals surface area contributed by atoms with E-state index in [9.17, 15) is 4.79 Å². The minimum atomic E-state index is -0.381. The molecule has 1 aromatic carbocycles. The largest absolute Gasteiger partial charge is 0.441 e. The summed E-state index contributed by atoms with van der Waals surface area (Å²) in [6, 6.07) is 10.1. The molecule has 0 aliphatic heterocycles. The molecule has 0 saturated heterocycles. The lowest BCUT2D eigenvalue weighted by atomic mass is 10.3. The first kappa shape index (κ1) is 12.4. The SMILES string of the molecule is CCc1noc(=O)n1CCN(C)c1ccccc1. The van der Waals surface area contributed by atoms with Gasteiger partial charge < -0.3 is 4.90 Å². The summed E-state index contributed by atoms with van der Waals surface area (Å²) in [6.07, 6.45) is 0.695. The van der Waals surface area contributed by atoms with Gasteiger partial charge in [0.15, 0.2) is 5.82 Å². The lowest BCUT2D eigenvalue weighted by molar-refractivity contribution is 0.373. The smallest absolute Gasteiger partial charge is 0.373 e. The lowest BCUT2D eigenvalue weighted by Gasteiger charge is -2.19. The Morgan fingerprint density at radius 2 is 2.06 bits per heavy atom. The van der Waals surface area contributed by atoms with Crippen molar-refractivity contribution in [1.29, 1.82) is 0 Å². The fourth-order valence-electron chi connectivity index (χ4n) is 1.83. The topological polar surface area (TPSA) is 51.3 Å². The van der Waals surface area contributed by atoms with Crippen LogP contribution in [0.1, 0.15) is 12.7 Å². The number of benzene rings is 1. The minimum Gasteiger partial charge on any atom is -0.373 e. The summed E-state index contributed by atoms with van der Waals surface area (Å²) in [6.45, 7) is 3.27. The van der Waals surface area contributed by atoms with Crippen LogP contribution in [0.5, 0.6) is 0 Å². The van der Waals surface area contributed by atoms with Crippen LogP contribution in [0.25, 0.3) is 0 Å². The van der Waals surface area contributed by atoms with Crippen molar-refractivity contribution in [3.8, 4) is 0 Å². The molecule has 5 nitrogen and oxygen atoms in total. The maximum Gasteiger partial charge on any atom is 0.441 e. The van der Waals surface area contributed by atoms with E-state index in [1.807, 2.05) is 44.3 Å². The molecule has 0 radical (unpaired) electrons. The number of rotatable bonds is 5. The summed E-state index contributed by atoms with van der Waals surface area (Å²) in [5.41, 5.74) is 1.13. The van der Waals surface area contributed by atoms with Gasteiger partial charge in [0.1, 0.15) is 0 Å². The molecule has 0 aliphatic rings. The Hall–Kier alpha value is -2.04. The van der Waals surface area contributed by atoms with Gasteiger partial charge in [-0.2, -0.15) is 0 Å². The summed E-state index contributed by atoms with van der Waals surface area (Å²) in [4.78, 5) is 13.6. The number of aryl methyl sites for hydroxylation is 1. The van der Waals surface area contributed by atoms with Crippen LogP contribution in [0.15, 0.2) is 39.6 Å². The van der Waals surface area contributed by atoms with E-state index in [1.165, 1.54) is 0 Å². The van der Waals surface area contributed by atoms with Crippen LogP contribution in [0.4, 0.5) is 5.69 Å². The number of hydrogen-bond donors (Lipinski definition) is 0. The molecule has 96 valence electrons. The third-order valence-corrected chi connectivity index (χ3v) is 2.93. The quantitative estimate of drug-likeness (QED) is 0.804. The maximum absolute atomic E-state index is 11.5. The predicted molar refractivity (Wildman–Crippen MR) is 69.9 cm³/mol. The summed E-state index contributed by atoms with van der Waals surface area (Å²) in [7, 11) is 2.00. The van der Waals surface area contributed by atoms with Crippen molar-refractivity contribution in [2.45, 2.75) is 19.9 Å². The molecule has 0 saturated carbocycles. The zero-order valence-electron chi connectivity index (χ0n) is 10.7. The molecule has 0 atom stereocenters. The van der Waals surface area contributed by atoms with Crippen molar-refractivity contribution in [1.82, 2.24) is 9.72 Å². The molecule has 0 aliphatic carbocycles. The van der Waals surface area contributed by atoms with Gasteiger partial charge >= 0.3 is 5.76 Å². The van der Waals surface area contributed by atoms with E-state index < -0.39 is 0 Å². The number of nitrogens with zero attached hydrogens (tertiary/aromatic N) is 3. The van der Waals surface area contributed by atoms with Crippen molar-refractivity contribution in [3.63, 3.8) is 0 Å². The molecular weight excluding hydrogens is 230 g/mol. The third-order valence-electron chi connectivity index (χ3n) is 2.93. The first-order valence-electron chi connectivity index (χ1n) is 6.04. The average Bonchev–Trinajstić information content (AvgIpc) is 2.77. The molecule has 1 aromatic heterocycles. The normalized spacial score (nSPS) is 10.6. The van der Waals surface area contributed by atoms with Crippen molar-refractivity contribution in [2.24, 2.45) is 0 Å². The zero-order chi connectivity index (χ0) is 13.0. The van der Waals surface area contributed by atoms with Crippen LogP contribution in [-0.2, 0) is 13.0 Å². The second-order valence-corrected chi connectivity index (χ2v) is 4.13. The maximum atomic E-state index is 11.5. The molecule has 2 aromatic rings. The molecule has 0 spiro atoms. The molecule has 0 bridgehead atoms. The highest BCUT2D eigenvalue weighted by Gasteiger charge is 2.09. The van der Waals surface area contributed by atoms with Gasteiger partial charge in [0, 0.05) is 32.2 Å². The van der Waals surface area contributed by atoms with Crippen LogP contribution in [0, 0.1) is 0 Å². The van der Waals surface area contributed by atoms with Gasteiger partial charge in [-0.25, -0.2) is 4.79 Å². The highest BCUT2D eigenvalue weighted by atomic mass is 16.5. The van der Waals surface area contributed by atoms with Gasteiger partial charge in [0.25, 0.3) is 0 Å². The van der Waals surface area contributed by atoms with Crippen molar-refractivity contribution >= 4 is 5.69 Å². The van der Waals surface area contributed by atoms with E-state index >= 15 is 0 Å². The van der Waals surface area contributed by atoms with Gasteiger partial charge in [-0.15, -0.1) is 0 Å². The molecule has 0 amide bonds. The molecule has 1 heterocycles. The van der Waals surface area contributed by atoms with Crippen molar-refractivity contribution < 1.29 is 4.52 Å². The number of para-hydroxylation sites is 1. The molecule has 5 heteroatoms. The molecule has 2 rings (SSSR count). The molecule has 0 fully saturated rings. The van der Waals surface area contributed by atoms with Crippen LogP contribution < -0.4 is 10.7 Å². The minimum absolute atomic E-state index is 0.381. The van der Waals surface area contributed by atoms with Crippen molar-refractivity contribution in [2.75, 3.05) is 18.5 Å². The van der Waals surface area contributed by atoms with Crippen LogP contribution >= 0.6 is 0 Å². The predicted octanol–water partition coefficient (Wildman–Crippen LogP) is 1.54. The number of anilines is 1. The first-order valence-corrected chi connectivity index (χ1v) is 6.04. The van der Waals surface area contributed by atoms with E-state index in [1.54, 1.807) is 4.57 Å². The van der Waals surface area contributed by atoms with Crippen LogP contribution in [0.3, 0.4) is 0 Å². The Balaban J connectivity index is 2.04. The monoisotopic (exact) mass is 247 g/mol. The third kappa shape index (κ3) is 2.61. The number of hydrogen-bond acceptors (Lipinski definition) is 4. The number of aromatic nitrogens is 2. The Kier molecular flexibility index (Phi) is 3.82. The molecule has 0 unspecified atom stereocenters. The Bertz CT molecular complexity index is 545. The zero-order valence-corrected chi connectivity index (χ0v) is 10.7. The van der Waals surface area contributed by atoms with Gasteiger partial charge in [-0.05, 0) is 12.1 Å². The first-order chi connectivity index (χ1) is 8.72. The van der Waals surface area contributed by atoms with E-state index in [2.05, 4.69) is 14.6 Å². The fourth-order valence-corrected chi connectivity index (χ4v) is 1.83. The second-order valence-electron chi connectivity index (χ2n) is 4.13. The second kappa shape index (κ2) is 5.53. The fraction of sp³-hybridized carbons (Fsp3) is 0.385. The Labute approximate surface area is 106 Å². The average molecular weight is 247 g/mol. The standard InChI is InChI=1S/C13H17N3O2/c1-3-12-14-18-13(17)16(12)10-9-15(2)11-7-5-4-6-8-11/h4-8H,3,9-10H2,1-2H3. The number of likely N-dealkylation sites (N-methyl/N-ethyl adjacent to an activating group) is 1. The Morgan fingerprint density at radius 3 is 2.72 bits per heavy atom. The van der Waals surface area contributed by atoms with E-state index in [4.69, 9.17) is 0 Å². The summed E-state index contributed by atoms with van der Waals surface area (Å²) in [5.74, 6) is 0.315. The Morgan fingerprint density at radius 1 is 1.33 bits per heavy atom. The van der Waals surface area contributed by atoms with Crippen LogP contribution in [0.2, 0.25) is 0 Å². The van der Waals surface area contributed by atoms with E-state index in [0.29, 0.717) is 18.8 Å². The van der Waals surface area contributed by atoms with E-state index in [0.717, 1.165) is 12.2 Å². The lowest BCUT2D eigenvalue weighted by Crippen LogP contribution is -2.27. The highest BCUT2D eigenvalue weighted by molar-refractivity contribution is 5.44. The van der Waals surface area contributed by atoms with E-state index in [-0.39, 0.29) is 5.76 Å². The summed E-state index contributed by atoms with van der Waals surface area (Å²) in [5, 5.41) is 3.74. The molecule has 0 N–H and O–H groups in total. The summed E-state index contributed by atoms with van der Waals surface area (Å²) < 4.78 is 6.25.